The van der Waals surface area contributed by atoms with Crippen molar-refractivity contribution in [3.05, 3.63) is 263 Å². The molecule has 652 valence electrons. The van der Waals surface area contributed by atoms with Crippen molar-refractivity contribution in [2.24, 2.45) is 0 Å². The first-order valence-electron chi connectivity index (χ1n) is 43.1. The highest BCUT2D eigenvalue weighted by atomic mass is 35.5. The molecule has 5 aliphatic rings. The number of piperidine rings is 1. The molecule has 3 atom stereocenters. The lowest BCUT2D eigenvalue weighted by molar-refractivity contribution is -0.134. The number of halogens is 5. The number of likely N-dealkylation sites (N-methyl/N-ethyl adjacent to an activating group) is 1. The minimum absolute atomic E-state index is 0.0599. The van der Waals surface area contributed by atoms with E-state index in [1.807, 2.05) is 248 Å². The molecule has 21 rings (SSSR count). The fraction of sp³-hybridized carbons (Fsp3) is 0.265. The summed E-state index contributed by atoms with van der Waals surface area (Å²) in [5, 5.41) is 65.2. The van der Waals surface area contributed by atoms with Crippen LogP contribution < -0.4 is 10.6 Å². The van der Waals surface area contributed by atoms with Crippen LogP contribution in [0.2, 0.25) is 20.1 Å². The number of rotatable bonds is 18. The zero-order valence-electron chi connectivity index (χ0n) is 71.3. The fourth-order valence-corrected chi connectivity index (χ4v) is 18.8. The molecule has 16 aromatic rings. The van der Waals surface area contributed by atoms with E-state index in [2.05, 4.69) is 82.2 Å². The minimum atomic E-state index is -1.36. The van der Waals surface area contributed by atoms with Crippen molar-refractivity contribution in [3.8, 4) is 90.1 Å². The van der Waals surface area contributed by atoms with Gasteiger partial charge in [-0.3, -0.25) is 24.1 Å². The second-order valence-electron chi connectivity index (χ2n) is 33.8. The summed E-state index contributed by atoms with van der Waals surface area (Å²) >= 11 is 27.5. The van der Waals surface area contributed by atoms with Crippen molar-refractivity contribution in [1.29, 1.82) is 0 Å². The van der Waals surface area contributed by atoms with Crippen molar-refractivity contribution >= 4 is 114 Å². The van der Waals surface area contributed by atoms with Crippen LogP contribution in [0, 0.1) is 0 Å². The molecule has 26 nitrogen and oxygen atoms in total. The molecule has 4 amide bonds. The van der Waals surface area contributed by atoms with Gasteiger partial charge in [-0.25, -0.2) is 23.1 Å². The molecule has 1 unspecified atom stereocenters. The topological polar surface area (TPSA) is 280 Å². The predicted molar refractivity (Wildman–Crippen MR) is 501 cm³/mol. The molecular formula is C98H91Cl4FN22O4. The zero-order valence-corrected chi connectivity index (χ0v) is 74.3. The largest absolute Gasteiger partial charge is 0.352 e. The van der Waals surface area contributed by atoms with Crippen molar-refractivity contribution in [1.82, 2.24) is 110 Å². The van der Waals surface area contributed by atoms with Gasteiger partial charge < -0.3 is 25.3 Å². The Morgan fingerprint density at radius 2 is 0.690 bits per heavy atom. The molecule has 0 spiro atoms. The number of alkyl halides is 1. The molecule has 31 heteroatoms. The maximum Gasteiger partial charge on any atom is 0.244 e. The zero-order chi connectivity index (χ0) is 89.0. The predicted octanol–water partition coefficient (Wildman–Crippen LogP) is 17.4. The van der Waals surface area contributed by atoms with E-state index in [-0.39, 0.29) is 74.0 Å². The molecule has 12 heterocycles. The van der Waals surface area contributed by atoms with Crippen molar-refractivity contribution in [3.63, 3.8) is 0 Å². The number of nitrogens with zero attached hydrogens (tertiary/aromatic N) is 20. The maximum absolute atomic E-state index is 14.2. The molecular weight excluding hydrogens is 1710 g/mol. The normalized spacial score (nSPS) is 17.2. The van der Waals surface area contributed by atoms with Gasteiger partial charge in [0.2, 0.25) is 23.6 Å². The number of benzene rings is 8. The van der Waals surface area contributed by atoms with Gasteiger partial charge in [0.15, 0.2) is 22.6 Å². The van der Waals surface area contributed by atoms with E-state index in [0.717, 1.165) is 109 Å². The van der Waals surface area contributed by atoms with Crippen LogP contribution in [0.5, 0.6) is 0 Å². The van der Waals surface area contributed by atoms with Gasteiger partial charge in [-0.05, 0) is 79.6 Å². The van der Waals surface area contributed by atoms with Crippen molar-refractivity contribution in [2.75, 3.05) is 53.4 Å². The summed E-state index contributed by atoms with van der Waals surface area (Å²) in [5.74, 6) is -0.319. The molecule has 4 aliphatic heterocycles. The highest BCUT2D eigenvalue weighted by Gasteiger charge is 2.44. The third kappa shape index (κ3) is 18.5. The Bertz CT molecular complexity index is 6770. The van der Waals surface area contributed by atoms with Gasteiger partial charge in [-0.1, -0.05) is 289 Å². The number of hydrogen-bond acceptors (Lipinski definition) is 18. The molecule has 5 fully saturated rings. The molecule has 8 aromatic heterocycles. The quantitative estimate of drug-likeness (QED) is 0.0807. The van der Waals surface area contributed by atoms with Crippen molar-refractivity contribution < 1.29 is 23.6 Å². The number of aromatic nitrogens is 16. The summed E-state index contributed by atoms with van der Waals surface area (Å²) in [4.78, 5) is 59.8. The van der Waals surface area contributed by atoms with E-state index in [1.165, 1.54) is 16.5 Å². The number of piperazine rings is 1. The number of fused-ring (bicyclic) bond motifs is 6. The summed E-state index contributed by atoms with van der Waals surface area (Å²) in [6, 6.07) is 78.7. The second kappa shape index (κ2) is 37.6. The molecule has 129 heavy (non-hydrogen) atoms. The first kappa shape index (κ1) is 86.6. The van der Waals surface area contributed by atoms with Crippen LogP contribution in [-0.4, -0.2) is 206 Å². The van der Waals surface area contributed by atoms with Gasteiger partial charge >= 0.3 is 0 Å². The van der Waals surface area contributed by atoms with Crippen LogP contribution in [0.15, 0.2) is 243 Å². The third-order valence-electron chi connectivity index (χ3n) is 24.5. The summed E-state index contributed by atoms with van der Waals surface area (Å²) in [6.07, 6.45) is 6.42. The van der Waals surface area contributed by atoms with E-state index in [4.69, 9.17) is 66.8 Å². The summed E-state index contributed by atoms with van der Waals surface area (Å²) < 4.78 is 20.6. The minimum Gasteiger partial charge on any atom is -0.352 e. The highest BCUT2D eigenvalue weighted by molar-refractivity contribution is 6.40. The molecule has 1 saturated carbocycles. The van der Waals surface area contributed by atoms with Crippen LogP contribution in [0.4, 0.5) is 4.39 Å². The Morgan fingerprint density at radius 3 is 0.977 bits per heavy atom. The molecule has 2 N–H and O–H groups in total. The maximum atomic E-state index is 14.2. The van der Waals surface area contributed by atoms with Crippen molar-refractivity contribution in [2.45, 2.75) is 114 Å². The number of likely N-dealkylation sites (tertiary alicyclic amines) is 4. The Labute approximate surface area is 763 Å². The van der Waals surface area contributed by atoms with Gasteiger partial charge in [-0.15, -0.1) is 40.8 Å². The standard InChI is InChI=1S/C25H23ClN6O.C25H25ClN6O.C24H21ClFN5O.C24H22ClN5O/c1-30-13-19-12-18(30)14-31(19)20(33)15-32-25-21(23(29-32)16-8-4-2-5-9-16)22(26)24(27-28-25)17-10-6-3-7-11-17;1-31-14-12-19(13-15-31)27-20(33)16-32-25-21(23(30-32)17-8-4-2-5-9-17)22(26)24(28-29-25)18-10-6-3-7-11-18;1-24(26)12-13-30(15-24)18(32)14-31-23-19(21(29-31)16-8-4-2-5-9-16)20(25)22(27-28-23)17-10-6-3-7-11-17;1-24(13-8-14-24)26-18(31)15-30-23-19(21(29-30)16-9-4-2-5-10-16)20(25)22(27-28-23)17-11-6-3-7-12-17/h2-11,18-19H,12-15H2,1H3;2-11,19H,12-16H2,1H3,(H,27,33);2-11H,12-15H2,1H3;2-7,9-12H,8,13-15H2,1H3,(H,26,31)/t18-,19-;;;/m1.../s1. The molecule has 0 radical (unpaired) electrons. The van der Waals surface area contributed by atoms with Crippen LogP contribution >= 0.6 is 46.4 Å². The van der Waals surface area contributed by atoms with E-state index >= 15 is 0 Å². The molecule has 4 saturated heterocycles. The first-order chi connectivity index (χ1) is 62.7. The van der Waals surface area contributed by atoms with Gasteiger partial charge in [-0.2, -0.15) is 20.4 Å². The molecule has 8 aromatic carbocycles. The van der Waals surface area contributed by atoms with E-state index in [9.17, 15) is 23.6 Å². The number of carbonyl (C=O) groups excluding carboxylic acids is 4. The first-order valence-corrected chi connectivity index (χ1v) is 44.6. The lowest BCUT2D eigenvalue weighted by atomic mass is 9.78. The van der Waals surface area contributed by atoms with Crippen LogP contribution in [0.25, 0.3) is 134 Å². The van der Waals surface area contributed by atoms with Gasteiger partial charge in [0, 0.05) is 94.2 Å². The summed E-state index contributed by atoms with van der Waals surface area (Å²) in [7, 11) is 4.23. The van der Waals surface area contributed by atoms with Crippen LogP contribution in [-0.2, 0) is 45.4 Å². The van der Waals surface area contributed by atoms with E-state index in [0.29, 0.717) is 129 Å². The van der Waals surface area contributed by atoms with Crippen LogP contribution in [0.3, 0.4) is 0 Å². The Balaban J connectivity index is 0.000000116. The average Bonchev–Trinajstić information content (AvgIpc) is 1.62. The lowest BCUT2D eigenvalue weighted by Gasteiger charge is -2.39. The summed E-state index contributed by atoms with van der Waals surface area (Å²) in [6.45, 7) is 7.92. The summed E-state index contributed by atoms with van der Waals surface area (Å²) in [5.41, 5.74) is 12.6. The van der Waals surface area contributed by atoms with Gasteiger partial charge in [0.25, 0.3) is 0 Å². The third-order valence-corrected chi connectivity index (χ3v) is 26.0. The van der Waals surface area contributed by atoms with E-state index in [1.54, 1.807) is 14.0 Å². The molecule has 1 aliphatic carbocycles. The van der Waals surface area contributed by atoms with Gasteiger partial charge in [0.1, 0.15) is 77.4 Å². The smallest absolute Gasteiger partial charge is 0.244 e. The number of carbonyl (C=O) groups is 4. The molecule has 2 bridgehead atoms. The Kier molecular flexibility index (Phi) is 25.3. The second-order valence-corrected chi connectivity index (χ2v) is 35.3. The van der Waals surface area contributed by atoms with Crippen LogP contribution in [0.1, 0.15) is 58.8 Å². The van der Waals surface area contributed by atoms with E-state index < -0.39 is 5.67 Å². The number of amides is 4. The Morgan fingerprint density at radius 1 is 0.380 bits per heavy atom. The average molecular weight is 1800 g/mol. The monoisotopic (exact) mass is 1800 g/mol. The number of nitrogens with one attached hydrogen (secondary N) is 2. The number of hydrogen-bond donors (Lipinski definition) is 2. The Hall–Kier alpha value is -13.2. The lowest BCUT2D eigenvalue weighted by Crippen LogP contribution is -2.51. The highest BCUT2D eigenvalue weighted by Crippen LogP contribution is 2.44. The van der Waals surface area contributed by atoms with Gasteiger partial charge in [0.05, 0.1) is 48.2 Å². The SMILES string of the molecule is CC1(F)CCN(C(=O)Cn2nc(-c3ccccc3)c3c(Cl)c(-c4ccccc4)nnc32)C1.CC1(NC(=O)Cn2nc(-c3ccccc3)c3c(Cl)c(-c4ccccc4)nnc32)CCC1.CN1CCC(NC(=O)Cn2nc(-c3ccccc3)c3c(Cl)c(-c4ccccc4)nnc32)CC1.CN1C[C@H]2C[C@@H]1CN2C(=O)Cn1nc(-c2ccccc2)c2c(Cl)c(-c3ccccc3)nnc21. The fourth-order valence-electron chi connectivity index (χ4n) is 17.5.